The molecule has 0 N–H and O–H groups in total. The van der Waals surface area contributed by atoms with Crippen LogP contribution in [-0.4, -0.2) is 42.0 Å². The molecule has 7 heteroatoms. The molecular formula is C24H21ClN4O2. The predicted molar refractivity (Wildman–Crippen MR) is 121 cm³/mol. The molecule has 0 unspecified atom stereocenters. The molecule has 0 radical (unpaired) electrons. The van der Waals surface area contributed by atoms with Gasteiger partial charge in [0.25, 0.3) is 5.91 Å². The second-order valence-corrected chi connectivity index (χ2v) is 7.79. The number of hydrogen-bond acceptors (Lipinski definition) is 5. The molecule has 156 valence electrons. The summed E-state index contributed by atoms with van der Waals surface area (Å²) in [6.45, 7) is 4.22. The lowest BCUT2D eigenvalue weighted by Gasteiger charge is -2.34. The van der Waals surface area contributed by atoms with Gasteiger partial charge in [-0.3, -0.25) is 4.79 Å². The zero-order chi connectivity index (χ0) is 21.8. The molecule has 0 saturated carbocycles. The maximum atomic E-state index is 12.8. The summed E-state index contributed by atoms with van der Waals surface area (Å²) >= 11 is 5.91. The number of carbonyl (C=O) groups excluding carboxylic acids is 1. The van der Waals surface area contributed by atoms with Crippen molar-refractivity contribution in [2.75, 3.05) is 31.1 Å². The Hall–Kier alpha value is -3.56. The van der Waals surface area contributed by atoms with Crippen molar-refractivity contribution in [3.63, 3.8) is 0 Å². The molecule has 1 amide bonds. The van der Waals surface area contributed by atoms with Crippen molar-refractivity contribution in [3.8, 4) is 6.07 Å². The highest BCUT2D eigenvalue weighted by Gasteiger charge is 2.26. The van der Waals surface area contributed by atoms with Gasteiger partial charge in [0, 0.05) is 42.8 Å². The number of nitrogens with zero attached hydrogens (tertiary/aromatic N) is 4. The van der Waals surface area contributed by atoms with Crippen LogP contribution in [0.2, 0.25) is 5.02 Å². The van der Waals surface area contributed by atoms with Gasteiger partial charge in [-0.15, -0.1) is 0 Å². The van der Waals surface area contributed by atoms with Crippen LogP contribution in [0.15, 0.2) is 52.9 Å². The van der Waals surface area contributed by atoms with Crippen molar-refractivity contribution < 1.29 is 9.21 Å². The molecular weight excluding hydrogens is 412 g/mol. The highest BCUT2D eigenvalue weighted by molar-refractivity contribution is 6.30. The fraction of sp³-hybridized carbons (Fsp3) is 0.208. The molecule has 0 aliphatic carbocycles. The van der Waals surface area contributed by atoms with Crippen molar-refractivity contribution in [2.24, 2.45) is 0 Å². The maximum absolute atomic E-state index is 12.8. The van der Waals surface area contributed by atoms with Crippen LogP contribution >= 0.6 is 11.6 Å². The number of hydrogen-bond donors (Lipinski definition) is 0. The van der Waals surface area contributed by atoms with Gasteiger partial charge in [-0.1, -0.05) is 41.4 Å². The average Bonchev–Trinajstić information content (AvgIpc) is 3.22. The van der Waals surface area contributed by atoms with E-state index in [1.54, 1.807) is 18.2 Å². The number of piperazine rings is 1. The summed E-state index contributed by atoms with van der Waals surface area (Å²) < 4.78 is 5.86. The second kappa shape index (κ2) is 9.07. The fourth-order valence-corrected chi connectivity index (χ4v) is 3.63. The van der Waals surface area contributed by atoms with Crippen LogP contribution in [0.4, 0.5) is 5.88 Å². The van der Waals surface area contributed by atoms with Gasteiger partial charge in [0.15, 0.2) is 0 Å². The summed E-state index contributed by atoms with van der Waals surface area (Å²) in [4.78, 5) is 20.8. The van der Waals surface area contributed by atoms with Gasteiger partial charge < -0.3 is 14.2 Å². The topological polar surface area (TPSA) is 73.4 Å². The van der Waals surface area contributed by atoms with Gasteiger partial charge in [-0.25, -0.2) is 0 Å². The number of aryl methyl sites for hydroxylation is 1. The third kappa shape index (κ3) is 4.79. The molecule has 0 bridgehead atoms. The minimum atomic E-state index is 0.0213. The van der Waals surface area contributed by atoms with Crippen LogP contribution in [0.25, 0.3) is 12.2 Å². The van der Waals surface area contributed by atoms with Crippen molar-refractivity contribution in [1.82, 2.24) is 9.88 Å². The molecule has 1 fully saturated rings. The minimum Gasteiger partial charge on any atom is -0.420 e. The third-order valence-electron chi connectivity index (χ3n) is 5.14. The van der Waals surface area contributed by atoms with Crippen LogP contribution in [0, 0.1) is 18.3 Å². The Morgan fingerprint density at radius 1 is 1.13 bits per heavy atom. The fourth-order valence-electron chi connectivity index (χ4n) is 3.50. The van der Waals surface area contributed by atoms with Gasteiger partial charge in [-0.05, 0) is 42.8 Å². The molecule has 3 aromatic rings. The predicted octanol–water partition coefficient (Wildman–Crippen LogP) is 4.64. The lowest BCUT2D eigenvalue weighted by Crippen LogP contribution is -2.48. The van der Waals surface area contributed by atoms with E-state index in [2.05, 4.69) is 11.1 Å². The first kappa shape index (κ1) is 20.7. The number of amides is 1. The first-order chi connectivity index (χ1) is 15.0. The number of carbonyl (C=O) groups is 1. The average molecular weight is 433 g/mol. The zero-order valence-electron chi connectivity index (χ0n) is 17.1. The summed E-state index contributed by atoms with van der Waals surface area (Å²) in [6.07, 6.45) is 3.58. The lowest BCUT2D eigenvalue weighted by atomic mass is 10.1. The van der Waals surface area contributed by atoms with E-state index in [9.17, 15) is 10.1 Å². The first-order valence-electron chi connectivity index (χ1n) is 9.99. The van der Waals surface area contributed by atoms with E-state index in [-0.39, 0.29) is 11.6 Å². The van der Waals surface area contributed by atoms with Crippen molar-refractivity contribution >= 4 is 35.5 Å². The third-order valence-corrected chi connectivity index (χ3v) is 5.39. The minimum absolute atomic E-state index is 0.0213. The van der Waals surface area contributed by atoms with E-state index in [1.165, 1.54) is 0 Å². The van der Waals surface area contributed by atoms with Gasteiger partial charge >= 0.3 is 0 Å². The monoisotopic (exact) mass is 432 g/mol. The SMILES string of the molecule is Cc1cccc(C(=O)N2CCN(c3oc(/C=C/c4ccc(Cl)cc4)nc3C#N)CC2)c1. The maximum Gasteiger partial charge on any atom is 0.253 e. The van der Waals surface area contributed by atoms with E-state index >= 15 is 0 Å². The number of anilines is 1. The second-order valence-electron chi connectivity index (χ2n) is 7.35. The summed E-state index contributed by atoms with van der Waals surface area (Å²) in [5.41, 5.74) is 2.95. The molecule has 1 saturated heterocycles. The molecule has 1 aromatic heterocycles. The molecule has 31 heavy (non-hydrogen) atoms. The molecule has 1 aliphatic rings. The van der Waals surface area contributed by atoms with Crippen LogP contribution in [0.5, 0.6) is 0 Å². The number of halogens is 1. The largest absolute Gasteiger partial charge is 0.420 e. The zero-order valence-corrected chi connectivity index (χ0v) is 17.8. The molecule has 1 aliphatic heterocycles. The summed E-state index contributed by atoms with van der Waals surface area (Å²) in [5, 5.41) is 10.2. The number of aromatic nitrogens is 1. The number of rotatable bonds is 4. The van der Waals surface area contributed by atoms with Gasteiger partial charge in [-0.2, -0.15) is 10.2 Å². The van der Waals surface area contributed by atoms with E-state index < -0.39 is 0 Å². The Kier molecular flexibility index (Phi) is 6.06. The van der Waals surface area contributed by atoms with Gasteiger partial charge in [0.1, 0.15) is 6.07 Å². The van der Waals surface area contributed by atoms with Crippen LogP contribution < -0.4 is 4.90 Å². The molecule has 0 atom stereocenters. The van der Waals surface area contributed by atoms with Crippen LogP contribution in [-0.2, 0) is 0 Å². The standard InChI is InChI=1S/C24H21ClN4O2/c1-17-3-2-4-19(15-17)23(30)28-11-13-29(14-12-28)24-21(16-26)27-22(31-24)10-7-18-5-8-20(25)9-6-18/h2-10,15H,11-14H2,1H3/b10-7+. The van der Waals surface area contributed by atoms with E-state index in [0.717, 1.165) is 11.1 Å². The van der Waals surface area contributed by atoms with Crippen molar-refractivity contribution in [1.29, 1.82) is 5.26 Å². The van der Waals surface area contributed by atoms with E-state index in [0.29, 0.717) is 48.5 Å². The lowest BCUT2D eigenvalue weighted by molar-refractivity contribution is 0.0745. The molecule has 0 spiro atoms. The summed E-state index contributed by atoms with van der Waals surface area (Å²) in [6, 6.07) is 17.1. The van der Waals surface area contributed by atoms with Crippen LogP contribution in [0.1, 0.15) is 33.1 Å². The van der Waals surface area contributed by atoms with Crippen molar-refractivity contribution in [3.05, 3.63) is 81.8 Å². The van der Waals surface area contributed by atoms with E-state index in [1.807, 2.05) is 59.2 Å². The molecule has 2 aromatic carbocycles. The van der Waals surface area contributed by atoms with E-state index in [4.69, 9.17) is 16.0 Å². The van der Waals surface area contributed by atoms with Crippen LogP contribution in [0.3, 0.4) is 0 Å². The normalized spacial score (nSPS) is 14.1. The van der Waals surface area contributed by atoms with Crippen molar-refractivity contribution in [2.45, 2.75) is 6.92 Å². The molecule has 6 nitrogen and oxygen atoms in total. The smallest absolute Gasteiger partial charge is 0.253 e. The Bertz CT molecular complexity index is 1150. The number of nitriles is 1. The highest BCUT2D eigenvalue weighted by Crippen LogP contribution is 2.25. The highest BCUT2D eigenvalue weighted by atomic mass is 35.5. The van der Waals surface area contributed by atoms with Gasteiger partial charge in [0.2, 0.25) is 17.5 Å². The molecule has 2 heterocycles. The first-order valence-corrected chi connectivity index (χ1v) is 10.4. The number of oxazole rings is 1. The Balaban J connectivity index is 1.44. The Morgan fingerprint density at radius 2 is 1.87 bits per heavy atom. The Labute approximate surface area is 186 Å². The Morgan fingerprint density at radius 3 is 2.55 bits per heavy atom. The number of benzene rings is 2. The molecule has 4 rings (SSSR count). The quantitative estimate of drug-likeness (QED) is 0.600. The van der Waals surface area contributed by atoms with Gasteiger partial charge in [0.05, 0.1) is 0 Å². The summed E-state index contributed by atoms with van der Waals surface area (Å²) in [7, 11) is 0. The summed E-state index contributed by atoms with van der Waals surface area (Å²) in [5.74, 6) is 0.827.